The van der Waals surface area contributed by atoms with Gasteiger partial charge in [0.05, 0.1) is 23.6 Å². The number of hydrogen-bond acceptors (Lipinski definition) is 5. The number of pyridine rings is 1. The van der Waals surface area contributed by atoms with Gasteiger partial charge in [-0.15, -0.1) is 0 Å². The fourth-order valence-electron chi connectivity index (χ4n) is 3.96. The first-order valence-electron chi connectivity index (χ1n) is 11.0. The fraction of sp³-hybridized carbons (Fsp3) is 0.333. The van der Waals surface area contributed by atoms with Gasteiger partial charge in [0, 0.05) is 37.8 Å². The highest BCUT2D eigenvalue weighted by Crippen LogP contribution is 2.22. The minimum Gasteiger partial charge on any atom is -0.379 e. The Bertz CT molecular complexity index is 1310. The van der Waals surface area contributed by atoms with E-state index in [4.69, 9.17) is 4.74 Å². The Kier molecular flexibility index (Phi) is 6.92. The largest absolute Gasteiger partial charge is 0.379 e. The molecule has 33 heavy (non-hydrogen) atoms. The van der Waals surface area contributed by atoms with E-state index in [-0.39, 0.29) is 28.9 Å². The quantitative estimate of drug-likeness (QED) is 0.571. The van der Waals surface area contributed by atoms with E-state index in [0.717, 1.165) is 5.56 Å². The van der Waals surface area contributed by atoms with E-state index in [1.165, 1.54) is 16.4 Å². The predicted molar refractivity (Wildman–Crippen MR) is 126 cm³/mol. The van der Waals surface area contributed by atoms with Gasteiger partial charge in [0.15, 0.2) is 0 Å². The number of carbonyl (C=O) groups is 1. The Labute approximate surface area is 192 Å². The first-order valence-corrected chi connectivity index (χ1v) is 12.4. The highest BCUT2D eigenvalue weighted by molar-refractivity contribution is 7.89. The molecule has 1 aliphatic heterocycles. The topological polar surface area (TPSA) is 97.7 Å². The van der Waals surface area contributed by atoms with Crippen molar-refractivity contribution in [3.8, 4) is 0 Å². The third-order valence-electron chi connectivity index (χ3n) is 5.79. The van der Waals surface area contributed by atoms with Crippen LogP contribution < -0.4 is 10.7 Å². The van der Waals surface area contributed by atoms with Gasteiger partial charge in [-0.25, -0.2) is 8.42 Å². The van der Waals surface area contributed by atoms with Crippen molar-refractivity contribution in [3.05, 3.63) is 76.1 Å². The average molecular weight is 470 g/mol. The standard InChI is InChI=1S/C24H27N3O5S/c1-2-26-17-21(24(29)25-11-10-18-6-4-3-5-7-18)23(28)20-16-19(8-9-22(20)26)33(30,31)27-12-14-32-15-13-27/h3-9,16-17H,2,10-15H2,1H3,(H,25,29). The summed E-state index contributed by atoms with van der Waals surface area (Å²) in [6, 6.07) is 14.3. The molecule has 0 aliphatic carbocycles. The van der Waals surface area contributed by atoms with Gasteiger partial charge >= 0.3 is 0 Å². The van der Waals surface area contributed by atoms with Crippen molar-refractivity contribution in [2.24, 2.45) is 0 Å². The fourth-order valence-corrected chi connectivity index (χ4v) is 5.39. The molecule has 8 nitrogen and oxygen atoms in total. The lowest BCUT2D eigenvalue weighted by Crippen LogP contribution is -2.40. The number of morpholine rings is 1. The lowest BCUT2D eigenvalue weighted by molar-refractivity contribution is 0.0730. The van der Waals surface area contributed by atoms with Gasteiger partial charge in [0.25, 0.3) is 5.91 Å². The first-order chi connectivity index (χ1) is 15.9. The Morgan fingerprint density at radius 3 is 2.52 bits per heavy atom. The molecule has 3 aromatic rings. The van der Waals surface area contributed by atoms with Crippen molar-refractivity contribution in [3.63, 3.8) is 0 Å². The van der Waals surface area contributed by atoms with Crippen molar-refractivity contribution in [2.45, 2.75) is 24.8 Å². The number of aromatic nitrogens is 1. The van der Waals surface area contributed by atoms with Gasteiger partial charge in [0.1, 0.15) is 5.56 Å². The first kappa shape index (κ1) is 23.2. The molecule has 174 valence electrons. The monoisotopic (exact) mass is 469 g/mol. The zero-order chi connectivity index (χ0) is 23.4. The summed E-state index contributed by atoms with van der Waals surface area (Å²) in [5.74, 6) is -0.471. The summed E-state index contributed by atoms with van der Waals surface area (Å²) in [7, 11) is -3.76. The molecule has 0 bridgehead atoms. The van der Waals surface area contributed by atoms with Gasteiger partial charge in [-0.2, -0.15) is 4.31 Å². The summed E-state index contributed by atoms with van der Waals surface area (Å²) in [6.07, 6.45) is 2.18. The molecule has 0 radical (unpaired) electrons. The smallest absolute Gasteiger partial charge is 0.256 e. The van der Waals surface area contributed by atoms with Crippen LogP contribution in [0.5, 0.6) is 0 Å². The molecule has 1 aromatic heterocycles. The molecule has 1 saturated heterocycles. The van der Waals surface area contributed by atoms with Crippen LogP contribution in [0.4, 0.5) is 0 Å². The van der Waals surface area contributed by atoms with Crippen molar-refractivity contribution >= 4 is 26.8 Å². The van der Waals surface area contributed by atoms with Crippen LogP contribution in [-0.4, -0.2) is 56.0 Å². The number of nitrogens with zero attached hydrogens (tertiary/aromatic N) is 2. The van der Waals surface area contributed by atoms with E-state index < -0.39 is 21.4 Å². The van der Waals surface area contributed by atoms with E-state index in [9.17, 15) is 18.0 Å². The van der Waals surface area contributed by atoms with E-state index in [0.29, 0.717) is 38.2 Å². The summed E-state index contributed by atoms with van der Waals surface area (Å²) < 4.78 is 34.5. The maximum absolute atomic E-state index is 13.2. The second kappa shape index (κ2) is 9.86. The highest BCUT2D eigenvalue weighted by Gasteiger charge is 2.27. The van der Waals surface area contributed by atoms with Crippen LogP contribution >= 0.6 is 0 Å². The number of hydrogen-bond donors (Lipinski definition) is 1. The van der Waals surface area contributed by atoms with Gasteiger partial charge < -0.3 is 14.6 Å². The summed E-state index contributed by atoms with van der Waals surface area (Å²) in [6.45, 7) is 4.02. The highest BCUT2D eigenvalue weighted by atomic mass is 32.2. The van der Waals surface area contributed by atoms with Crippen LogP contribution in [-0.2, 0) is 27.7 Å². The van der Waals surface area contributed by atoms with Crippen LogP contribution in [0.1, 0.15) is 22.8 Å². The van der Waals surface area contributed by atoms with Crippen molar-refractivity contribution in [1.82, 2.24) is 14.2 Å². The third-order valence-corrected chi connectivity index (χ3v) is 7.68. The minimum atomic E-state index is -3.76. The van der Waals surface area contributed by atoms with Gasteiger partial charge in [0.2, 0.25) is 15.5 Å². The number of fused-ring (bicyclic) bond motifs is 1. The maximum Gasteiger partial charge on any atom is 0.256 e. The zero-order valence-electron chi connectivity index (χ0n) is 18.5. The molecular weight excluding hydrogens is 442 g/mol. The van der Waals surface area contributed by atoms with Crippen LogP contribution in [0.2, 0.25) is 0 Å². The number of carbonyl (C=O) groups excluding carboxylic acids is 1. The minimum absolute atomic E-state index is 0.00154. The van der Waals surface area contributed by atoms with Gasteiger partial charge in [-0.1, -0.05) is 30.3 Å². The molecule has 0 spiro atoms. The lowest BCUT2D eigenvalue weighted by Gasteiger charge is -2.26. The Morgan fingerprint density at radius 2 is 1.82 bits per heavy atom. The van der Waals surface area contributed by atoms with Gasteiger partial charge in [-0.05, 0) is 37.1 Å². The van der Waals surface area contributed by atoms with Crippen molar-refractivity contribution in [1.29, 1.82) is 0 Å². The molecule has 2 heterocycles. The SMILES string of the molecule is CCn1cc(C(=O)NCCc2ccccc2)c(=O)c2cc(S(=O)(=O)N3CCOCC3)ccc21. The lowest BCUT2D eigenvalue weighted by atomic mass is 10.1. The number of benzene rings is 2. The molecule has 4 rings (SSSR count). The number of nitrogens with one attached hydrogen (secondary N) is 1. The Balaban J connectivity index is 1.65. The van der Waals surface area contributed by atoms with Gasteiger partial charge in [-0.3, -0.25) is 9.59 Å². The zero-order valence-corrected chi connectivity index (χ0v) is 19.3. The normalized spacial score (nSPS) is 14.9. The summed E-state index contributed by atoms with van der Waals surface area (Å²) in [4.78, 5) is 26.1. The predicted octanol–water partition coefficient (Wildman–Crippen LogP) is 2.01. The molecule has 0 unspecified atom stereocenters. The molecule has 1 amide bonds. The van der Waals surface area contributed by atoms with Crippen LogP contribution in [0.25, 0.3) is 10.9 Å². The second-order valence-corrected chi connectivity index (χ2v) is 9.78. The van der Waals surface area contributed by atoms with Crippen LogP contribution in [0, 0.1) is 0 Å². The number of rotatable bonds is 7. The Hall–Kier alpha value is -3.01. The maximum atomic E-state index is 13.2. The summed E-state index contributed by atoms with van der Waals surface area (Å²) in [5, 5.41) is 3.02. The van der Waals surface area contributed by atoms with E-state index in [1.54, 1.807) is 16.8 Å². The molecule has 1 aliphatic rings. The molecule has 1 N–H and O–H groups in total. The van der Waals surface area contributed by atoms with Crippen molar-refractivity contribution in [2.75, 3.05) is 32.8 Å². The number of amides is 1. The summed E-state index contributed by atoms with van der Waals surface area (Å²) >= 11 is 0. The van der Waals surface area contributed by atoms with E-state index in [2.05, 4.69) is 5.32 Å². The number of sulfonamides is 1. The molecule has 0 saturated carbocycles. The number of ether oxygens (including phenoxy) is 1. The molecule has 1 fully saturated rings. The van der Waals surface area contributed by atoms with E-state index in [1.807, 2.05) is 37.3 Å². The second-order valence-electron chi connectivity index (χ2n) is 7.84. The van der Waals surface area contributed by atoms with Crippen LogP contribution in [0.3, 0.4) is 0 Å². The number of aryl methyl sites for hydroxylation is 1. The molecule has 2 aromatic carbocycles. The average Bonchev–Trinajstić information content (AvgIpc) is 2.85. The third kappa shape index (κ3) is 4.85. The summed E-state index contributed by atoms with van der Waals surface area (Å²) in [5.41, 5.74) is 1.19. The molecular formula is C24H27N3O5S. The van der Waals surface area contributed by atoms with Crippen molar-refractivity contribution < 1.29 is 17.9 Å². The Morgan fingerprint density at radius 1 is 1.09 bits per heavy atom. The van der Waals surface area contributed by atoms with E-state index >= 15 is 0 Å². The van der Waals surface area contributed by atoms with Crippen LogP contribution in [0.15, 0.2) is 64.4 Å². The molecule has 0 atom stereocenters. The molecule has 9 heteroatoms.